The maximum atomic E-state index is 12.6. The van der Waals surface area contributed by atoms with E-state index in [1.165, 1.54) is 0 Å². The summed E-state index contributed by atoms with van der Waals surface area (Å²) in [5.74, 6) is -0.382. The molecule has 1 amide bonds. The number of amides is 1. The van der Waals surface area contributed by atoms with Crippen LogP contribution in [0.3, 0.4) is 0 Å². The van der Waals surface area contributed by atoms with Gasteiger partial charge in [0.05, 0.1) is 18.0 Å². The number of carbonyl (C=O) groups excluding carboxylic acids is 1. The molecule has 0 aliphatic carbocycles. The molecule has 2 aromatic carbocycles. The Bertz CT molecular complexity index is 958. The zero-order valence-corrected chi connectivity index (χ0v) is 17.8. The Labute approximate surface area is 166 Å². The molecule has 0 aromatic heterocycles. The molecule has 2 rings (SSSR count). The van der Waals surface area contributed by atoms with Crippen molar-refractivity contribution in [1.29, 1.82) is 0 Å². The average molecular weight is 409 g/mol. The van der Waals surface area contributed by atoms with E-state index in [0.29, 0.717) is 16.3 Å². The zero-order valence-electron chi connectivity index (χ0n) is 16.2. The molecule has 0 radical (unpaired) electrons. The minimum Gasteiger partial charge on any atom is -0.348 e. The molecule has 2 aromatic rings. The second-order valence-corrected chi connectivity index (χ2v) is 9.12. The van der Waals surface area contributed by atoms with E-state index in [4.69, 9.17) is 11.6 Å². The average Bonchev–Trinajstić information content (AvgIpc) is 2.54. The molecule has 5 nitrogen and oxygen atoms in total. The Balaban J connectivity index is 2.23. The zero-order chi connectivity index (χ0) is 20.4. The van der Waals surface area contributed by atoms with Gasteiger partial charge in [-0.2, -0.15) is 0 Å². The molecule has 0 saturated heterocycles. The van der Waals surface area contributed by atoms with Gasteiger partial charge in [0.15, 0.2) is 0 Å². The highest BCUT2D eigenvalue weighted by molar-refractivity contribution is 7.92. The van der Waals surface area contributed by atoms with Gasteiger partial charge in [-0.25, -0.2) is 8.42 Å². The minimum absolute atomic E-state index is 0.236. The van der Waals surface area contributed by atoms with E-state index in [1.807, 2.05) is 32.9 Å². The molecule has 7 heteroatoms. The number of nitrogens with zero attached hydrogens (tertiary/aromatic N) is 1. The van der Waals surface area contributed by atoms with Gasteiger partial charge in [-0.3, -0.25) is 9.10 Å². The number of benzene rings is 2. The summed E-state index contributed by atoms with van der Waals surface area (Å²) in [4.78, 5) is 12.6. The third-order valence-electron chi connectivity index (χ3n) is 4.46. The van der Waals surface area contributed by atoms with Crippen LogP contribution < -0.4 is 9.62 Å². The van der Waals surface area contributed by atoms with Crippen molar-refractivity contribution in [2.75, 3.05) is 17.1 Å². The van der Waals surface area contributed by atoms with Crippen molar-refractivity contribution >= 4 is 33.2 Å². The first kappa shape index (κ1) is 21.3. The fourth-order valence-electron chi connectivity index (χ4n) is 3.05. The number of carbonyl (C=O) groups is 1. The fraction of sp³-hybridized carbons (Fsp3) is 0.350. The van der Waals surface area contributed by atoms with E-state index in [9.17, 15) is 13.2 Å². The van der Waals surface area contributed by atoms with Crippen LogP contribution in [-0.4, -0.2) is 27.1 Å². The quantitative estimate of drug-likeness (QED) is 0.787. The maximum absolute atomic E-state index is 12.6. The third kappa shape index (κ3) is 5.23. The van der Waals surface area contributed by atoms with Crippen LogP contribution in [0.25, 0.3) is 0 Å². The molecule has 0 saturated carbocycles. The maximum Gasteiger partial charge on any atom is 0.241 e. The minimum atomic E-state index is -3.65. The molecule has 0 fully saturated rings. The van der Waals surface area contributed by atoms with Crippen LogP contribution in [0.4, 0.5) is 5.69 Å². The Morgan fingerprint density at radius 1 is 1.19 bits per heavy atom. The normalized spacial score (nSPS) is 12.5. The third-order valence-corrected chi connectivity index (χ3v) is 6.00. The predicted octanol–water partition coefficient (Wildman–Crippen LogP) is 3.91. The molecule has 1 atom stereocenters. The summed E-state index contributed by atoms with van der Waals surface area (Å²) < 4.78 is 25.6. The highest BCUT2D eigenvalue weighted by Crippen LogP contribution is 2.28. The van der Waals surface area contributed by atoms with E-state index >= 15 is 0 Å². The van der Waals surface area contributed by atoms with Crippen molar-refractivity contribution in [3.63, 3.8) is 0 Å². The van der Waals surface area contributed by atoms with E-state index in [-0.39, 0.29) is 18.5 Å². The predicted molar refractivity (Wildman–Crippen MR) is 111 cm³/mol. The van der Waals surface area contributed by atoms with Gasteiger partial charge < -0.3 is 5.32 Å². The summed E-state index contributed by atoms with van der Waals surface area (Å²) in [5, 5.41) is 3.33. The van der Waals surface area contributed by atoms with Gasteiger partial charge in [-0.05, 0) is 56.5 Å². The molecule has 0 aliphatic rings. The first-order chi connectivity index (χ1) is 12.5. The SMILES string of the molecule is Cc1ccc([C@@H](C)NC(=O)CN(c2cccc(Cl)c2C)S(C)(=O)=O)c(C)c1. The van der Waals surface area contributed by atoms with Crippen molar-refractivity contribution in [2.45, 2.75) is 33.7 Å². The van der Waals surface area contributed by atoms with Crippen LogP contribution in [0, 0.1) is 20.8 Å². The van der Waals surface area contributed by atoms with Crippen LogP contribution in [0.15, 0.2) is 36.4 Å². The van der Waals surface area contributed by atoms with Crippen LogP contribution in [-0.2, 0) is 14.8 Å². The topological polar surface area (TPSA) is 66.5 Å². The van der Waals surface area contributed by atoms with Crippen LogP contribution in [0.1, 0.15) is 35.2 Å². The van der Waals surface area contributed by atoms with E-state index in [1.54, 1.807) is 25.1 Å². The van der Waals surface area contributed by atoms with Crippen molar-refractivity contribution in [3.8, 4) is 0 Å². The molecule has 1 N–H and O–H groups in total. The number of sulfonamides is 1. The monoisotopic (exact) mass is 408 g/mol. The van der Waals surface area contributed by atoms with E-state index in [0.717, 1.165) is 27.3 Å². The summed E-state index contributed by atoms with van der Waals surface area (Å²) >= 11 is 6.12. The Morgan fingerprint density at radius 3 is 2.44 bits per heavy atom. The molecule has 0 spiro atoms. The molecule has 146 valence electrons. The van der Waals surface area contributed by atoms with Gasteiger partial charge >= 0.3 is 0 Å². The number of hydrogen-bond acceptors (Lipinski definition) is 3. The Hall–Kier alpha value is -2.05. The van der Waals surface area contributed by atoms with Crippen LogP contribution >= 0.6 is 11.6 Å². The highest BCUT2D eigenvalue weighted by Gasteiger charge is 2.24. The molecule has 0 bridgehead atoms. The van der Waals surface area contributed by atoms with Crippen molar-refractivity contribution in [2.24, 2.45) is 0 Å². The van der Waals surface area contributed by atoms with E-state index in [2.05, 4.69) is 11.4 Å². The van der Waals surface area contributed by atoms with Crippen LogP contribution in [0.2, 0.25) is 5.02 Å². The number of hydrogen-bond donors (Lipinski definition) is 1. The second-order valence-electron chi connectivity index (χ2n) is 6.80. The van der Waals surface area contributed by atoms with Gasteiger partial charge in [-0.15, -0.1) is 0 Å². The summed E-state index contributed by atoms with van der Waals surface area (Å²) in [6.07, 6.45) is 1.08. The standard InChI is InChI=1S/C20H25ClN2O3S/c1-13-9-10-17(14(2)11-13)16(4)22-20(24)12-23(27(5,25)26)19-8-6-7-18(21)15(19)3/h6-11,16H,12H2,1-5H3,(H,22,24)/t16-/m1/s1. The number of aryl methyl sites for hydroxylation is 2. The van der Waals surface area contributed by atoms with Crippen molar-refractivity contribution in [3.05, 3.63) is 63.7 Å². The smallest absolute Gasteiger partial charge is 0.241 e. The lowest BCUT2D eigenvalue weighted by Gasteiger charge is -2.25. The van der Waals surface area contributed by atoms with Gasteiger partial charge in [-0.1, -0.05) is 41.4 Å². The summed E-state index contributed by atoms with van der Waals surface area (Å²) in [6.45, 7) is 7.30. The van der Waals surface area contributed by atoms with Gasteiger partial charge in [0.1, 0.15) is 6.54 Å². The number of halogens is 1. The first-order valence-electron chi connectivity index (χ1n) is 8.60. The summed E-state index contributed by atoms with van der Waals surface area (Å²) in [5.41, 5.74) is 4.24. The Morgan fingerprint density at radius 2 is 1.85 bits per heavy atom. The lowest BCUT2D eigenvalue weighted by molar-refractivity contribution is -0.120. The molecular formula is C20H25ClN2O3S. The summed E-state index contributed by atoms with van der Waals surface area (Å²) in [6, 6.07) is 10.8. The largest absolute Gasteiger partial charge is 0.348 e. The molecule has 0 heterocycles. The first-order valence-corrected chi connectivity index (χ1v) is 10.8. The lowest BCUT2D eigenvalue weighted by Crippen LogP contribution is -2.41. The number of anilines is 1. The van der Waals surface area contributed by atoms with Crippen LogP contribution in [0.5, 0.6) is 0 Å². The molecule has 0 aliphatic heterocycles. The van der Waals surface area contributed by atoms with Crippen molar-refractivity contribution < 1.29 is 13.2 Å². The molecule has 0 unspecified atom stereocenters. The Kier molecular flexibility index (Phi) is 6.54. The molecule has 27 heavy (non-hydrogen) atoms. The van der Waals surface area contributed by atoms with Gasteiger partial charge in [0.2, 0.25) is 15.9 Å². The molecular weight excluding hydrogens is 384 g/mol. The summed E-state index contributed by atoms with van der Waals surface area (Å²) in [7, 11) is -3.65. The number of rotatable bonds is 6. The number of nitrogens with one attached hydrogen (secondary N) is 1. The lowest BCUT2D eigenvalue weighted by atomic mass is 10.0. The van der Waals surface area contributed by atoms with Gasteiger partial charge in [0.25, 0.3) is 0 Å². The van der Waals surface area contributed by atoms with E-state index < -0.39 is 10.0 Å². The van der Waals surface area contributed by atoms with Crippen molar-refractivity contribution in [1.82, 2.24) is 5.32 Å². The fourth-order valence-corrected chi connectivity index (χ4v) is 4.13. The second kappa shape index (κ2) is 8.31. The highest BCUT2D eigenvalue weighted by atomic mass is 35.5. The van der Waals surface area contributed by atoms with Gasteiger partial charge in [0, 0.05) is 5.02 Å².